The van der Waals surface area contributed by atoms with Gasteiger partial charge in [0.25, 0.3) is 0 Å². The van der Waals surface area contributed by atoms with Crippen LogP contribution in [0.15, 0.2) is 12.2 Å². The zero-order valence-corrected chi connectivity index (χ0v) is 17.3. The van der Waals surface area contributed by atoms with Crippen molar-refractivity contribution in [2.24, 2.45) is 0 Å². The Hall–Kier alpha value is -1.20. The van der Waals surface area contributed by atoms with Gasteiger partial charge in [0.05, 0.1) is 21.1 Å². The molecular weight excluding hydrogens is 330 g/mol. The molecule has 0 fully saturated rings. The fourth-order valence-electron chi connectivity index (χ4n) is 3.16. The molecule has 1 atom stereocenters. The number of carboxylic acids is 1. The van der Waals surface area contributed by atoms with Crippen molar-refractivity contribution in [3.63, 3.8) is 0 Å². The van der Waals surface area contributed by atoms with Gasteiger partial charge in [0.15, 0.2) is 11.4 Å². The Morgan fingerprint density at radius 1 is 0.962 bits per heavy atom. The van der Waals surface area contributed by atoms with Gasteiger partial charge in [-0.2, -0.15) is 0 Å². The van der Waals surface area contributed by atoms with Crippen molar-refractivity contribution in [2.75, 3.05) is 27.7 Å². The molecule has 152 valence electrons. The molecule has 26 heavy (non-hydrogen) atoms. The lowest BCUT2D eigenvalue weighted by atomic mass is 9.90. The molecule has 0 heterocycles. The molecule has 0 saturated carbocycles. The summed E-state index contributed by atoms with van der Waals surface area (Å²) in [6, 6.07) is 0. The van der Waals surface area contributed by atoms with E-state index in [2.05, 4.69) is 19.1 Å². The van der Waals surface area contributed by atoms with Crippen molar-refractivity contribution in [3.8, 4) is 0 Å². The first-order valence-electron chi connectivity index (χ1n) is 10.0. The predicted octanol–water partition coefficient (Wildman–Crippen LogP) is 2.61. The number of Topliss-reactive ketones (excluding diaryl/α,β-unsaturated/α-hetero) is 1. The standard InChI is InChI=1S/C21H39NO4/c1-5-6-7-8-9-10-11-12-13-14-15-16-19(23)21(26,17-20(24)25)18-22(2,3)4/h12-13,26H,5-11,14-18H2,1-4H3. The topological polar surface area (TPSA) is 77.4 Å². The van der Waals surface area contributed by atoms with Gasteiger partial charge in [0.2, 0.25) is 0 Å². The van der Waals surface area contributed by atoms with Crippen LogP contribution < -0.4 is 5.11 Å². The minimum Gasteiger partial charge on any atom is -0.550 e. The molecule has 5 heteroatoms. The van der Waals surface area contributed by atoms with Gasteiger partial charge in [0.1, 0.15) is 6.54 Å². The first kappa shape index (κ1) is 24.8. The maximum absolute atomic E-state index is 12.4. The summed E-state index contributed by atoms with van der Waals surface area (Å²) in [5.74, 6) is -1.80. The number of quaternary nitrogens is 1. The van der Waals surface area contributed by atoms with Crippen LogP contribution in [0.2, 0.25) is 0 Å². The van der Waals surface area contributed by atoms with Gasteiger partial charge >= 0.3 is 0 Å². The highest BCUT2D eigenvalue weighted by atomic mass is 16.4. The van der Waals surface area contributed by atoms with Gasteiger partial charge < -0.3 is 19.5 Å². The molecule has 5 nitrogen and oxygen atoms in total. The quantitative estimate of drug-likeness (QED) is 0.258. The summed E-state index contributed by atoms with van der Waals surface area (Å²) in [5, 5.41) is 21.5. The molecule has 0 aromatic heterocycles. The van der Waals surface area contributed by atoms with E-state index in [9.17, 15) is 19.8 Å². The van der Waals surface area contributed by atoms with Gasteiger partial charge in [-0.1, -0.05) is 51.2 Å². The number of ketones is 1. The summed E-state index contributed by atoms with van der Waals surface area (Å²) in [6.07, 6.45) is 13.9. The molecule has 0 spiro atoms. The van der Waals surface area contributed by atoms with Crippen LogP contribution in [0.5, 0.6) is 0 Å². The second-order valence-electron chi connectivity index (χ2n) is 8.37. The van der Waals surface area contributed by atoms with Crippen molar-refractivity contribution in [1.29, 1.82) is 0 Å². The summed E-state index contributed by atoms with van der Waals surface area (Å²) in [7, 11) is 5.45. The third-order valence-electron chi connectivity index (χ3n) is 4.36. The molecular formula is C21H39NO4. The molecule has 0 saturated heterocycles. The number of rotatable bonds is 16. The van der Waals surface area contributed by atoms with Crippen LogP contribution in [0, 0.1) is 0 Å². The first-order chi connectivity index (χ1) is 12.1. The predicted molar refractivity (Wildman–Crippen MR) is 103 cm³/mol. The summed E-state index contributed by atoms with van der Waals surface area (Å²) in [5.41, 5.74) is -1.85. The van der Waals surface area contributed by atoms with E-state index in [1.54, 1.807) is 0 Å². The minimum absolute atomic E-state index is 0.0632. The van der Waals surface area contributed by atoms with E-state index in [0.29, 0.717) is 10.9 Å². The molecule has 0 aromatic carbocycles. The third kappa shape index (κ3) is 13.1. The summed E-state index contributed by atoms with van der Waals surface area (Å²) >= 11 is 0. The Morgan fingerprint density at radius 2 is 1.50 bits per heavy atom. The number of aliphatic hydroxyl groups is 1. The Bertz CT molecular complexity index is 440. The van der Waals surface area contributed by atoms with Crippen LogP contribution >= 0.6 is 0 Å². The number of carbonyl (C=O) groups excluding carboxylic acids is 2. The number of carboxylic acid groups (broad SMARTS) is 1. The highest BCUT2D eigenvalue weighted by molar-refractivity contribution is 5.90. The highest BCUT2D eigenvalue weighted by Gasteiger charge is 2.40. The zero-order valence-electron chi connectivity index (χ0n) is 17.3. The molecule has 0 amide bonds. The van der Waals surface area contributed by atoms with E-state index in [4.69, 9.17) is 0 Å². The van der Waals surface area contributed by atoms with E-state index < -0.39 is 23.8 Å². The SMILES string of the molecule is CCCCCCCCC=CCCCC(=O)C(O)(CC(=O)[O-])C[N+](C)(C)C. The van der Waals surface area contributed by atoms with Crippen molar-refractivity contribution in [1.82, 2.24) is 0 Å². The summed E-state index contributed by atoms with van der Waals surface area (Å²) in [4.78, 5) is 23.3. The fourth-order valence-corrected chi connectivity index (χ4v) is 3.16. The number of nitrogens with zero attached hydrogens (tertiary/aromatic N) is 1. The van der Waals surface area contributed by atoms with E-state index in [0.717, 1.165) is 12.8 Å². The smallest absolute Gasteiger partial charge is 0.177 e. The van der Waals surface area contributed by atoms with Gasteiger partial charge in [-0.05, 0) is 25.7 Å². The van der Waals surface area contributed by atoms with E-state index >= 15 is 0 Å². The second kappa shape index (κ2) is 13.0. The molecule has 0 bridgehead atoms. The minimum atomic E-state index is -1.85. The number of carbonyl (C=O) groups is 2. The number of hydrogen-bond acceptors (Lipinski definition) is 4. The Morgan fingerprint density at radius 3 is 2.04 bits per heavy atom. The van der Waals surface area contributed by atoms with Crippen LogP contribution in [0.4, 0.5) is 0 Å². The lowest BCUT2D eigenvalue weighted by Gasteiger charge is -2.34. The van der Waals surface area contributed by atoms with Gasteiger partial charge in [-0.3, -0.25) is 4.79 Å². The zero-order chi connectivity index (χ0) is 20.1. The summed E-state index contributed by atoms with van der Waals surface area (Å²) < 4.78 is 0.313. The molecule has 0 aromatic rings. The van der Waals surface area contributed by atoms with Crippen LogP contribution in [0.1, 0.15) is 77.6 Å². The average Bonchev–Trinajstić information content (AvgIpc) is 2.49. The van der Waals surface area contributed by atoms with Crippen LogP contribution in [0.3, 0.4) is 0 Å². The molecule has 0 aliphatic carbocycles. The number of likely N-dealkylation sites (N-methyl/N-ethyl adjacent to an activating group) is 1. The summed E-state index contributed by atoms with van der Waals surface area (Å²) in [6.45, 7) is 2.28. The van der Waals surface area contributed by atoms with Crippen molar-refractivity contribution < 1.29 is 24.3 Å². The highest BCUT2D eigenvalue weighted by Crippen LogP contribution is 2.19. The Labute approximate surface area is 159 Å². The number of allylic oxidation sites excluding steroid dienone is 2. The van der Waals surface area contributed by atoms with Gasteiger partial charge in [-0.25, -0.2) is 0 Å². The molecule has 1 unspecified atom stereocenters. The largest absolute Gasteiger partial charge is 0.550 e. The van der Waals surface area contributed by atoms with E-state index in [1.807, 2.05) is 21.1 Å². The van der Waals surface area contributed by atoms with Crippen molar-refractivity contribution in [3.05, 3.63) is 12.2 Å². The lowest BCUT2D eigenvalue weighted by molar-refractivity contribution is -0.875. The van der Waals surface area contributed by atoms with Gasteiger partial charge in [-0.15, -0.1) is 0 Å². The van der Waals surface area contributed by atoms with Gasteiger partial charge in [0, 0.05) is 18.8 Å². The monoisotopic (exact) mass is 369 g/mol. The lowest BCUT2D eigenvalue weighted by Crippen LogP contribution is -2.56. The van der Waals surface area contributed by atoms with E-state index in [-0.39, 0.29) is 13.0 Å². The molecule has 0 aliphatic heterocycles. The van der Waals surface area contributed by atoms with Crippen LogP contribution in [-0.2, 0) is 9.59 Å². The fraction of sp³-hybridized carbons (Fsp3) is 0.810. The maximum atomic E-state index is 12.4. The van der Waals surface area contributed by atoms with Crippen molar-refractivity contribution >= 4 is 11.8 Å². The number of hydrogen-bond donors (Lipinski definition) is 1. The second-order valence-corrected chi connectivity index (χ2v) is 8.37. The normalized spacial score (nSPS) is 14.5. The average molecular weight is 370 g/mol. The van der Waals surface area contributed by atoms with Crippen LogP contribution in [-0.4, -0.2) is 54.6 Å². The molecule has 0 aliphatic rings. The molecule has 1 N–H and O–H groups in total. The number of unbranched alkanes of at least 4 members (excludes halogenated alkanes) is 7. The van der Waals surface area contributed by atoms with Crippen LogP contribution in [0.25, 0.3) is 0 Å². The first-order valence-corrected chi connectivity index (χ1v) is 10.0. The molecule has 0 rings (SSSR count). The Balaban J connectivity index is 4.12. The third-order valence-corrected chi connectivity index (χ3v) is 4.36. The van der Waals surface area contributed by atoms with E-state index in [1.165, 1.54) is 38.5 Å². The maximum Gasteiger partial charge on any atom is 0.177 e. The number of aliphatic carboxylic acids is 1. The Kier molecular flexibility index (Phi) is 12.4. The van der Waals surface area contributed by atoms with Crippen molar-refractivity contribution in [2.45, 2.75) is 83.2 Å². The molecule has 0 radical (unpaired) electrons.